The van der Waals surface area contributed by atoms with Crippen LogP contribution in [-0.2, 0) is 0 Å². The van der Waals surface area contributed by atoms with Crippen molar-refractivity contribution >= 4 is 72.1 Å². The summed E-state index contributed by atoms with van der Waals surface area (Å²) in [6.07, 6.45) is 0. The molecule has 1 heterocycles. The van der Waals surface area contributed by atoms with Crippen LogP contribution in [0.4, 0.5) is 11.4 Å². The van der Waals surface area contributed by atoms with Crippen molar-refractivity contribution in [1.29, 1.82) is 0 Å². The Bertz CT molecular complexity index is 615. The van der Waals surface area contributed by atoms with E-state index in [0.717, 1.165) is 7.57 Å². The minimum Gasteiger partial charge on any atom is -0.399 e. The van der Waals surface area contributed by atoms with E-state index >= 15 is 0 Å². The number of amides is 1. The Kier molecular flexibility index (Phi) is 4.32. The molecule has 18 heavy (non-hydrogen) atoms. The zero-order valence-corrected chi connectivity index (χ0v) is 13.6. The third kappa shape index (κ3) is 3.06. The Morgan fingerprint density at radius 1 is 1.33 bits per heavy atom. The summed E-state index contributed by atoms with van der Waals surface area (Å²) in [5.74, 6) is -0.240. The van der Waals surface area contributed by atoms with E-state index in [9.17, 15) is 4.79 Å². The van der Waals surface area contributed by atoms with E-state index < -0.39 is 0 Å². The van der Waals surface area contributed by atoms with Crippen molar-refractivity contribution < 1.29 is 4.79 Å². The molecule has 0 spiro atoms. The van der Waals surface area contributed by atoms with Gasteiger partial charge in [0.2, 0.25) is 0 Å². The van der Waals surface area contributed by atoms with E-state index in [0.29, 0.717) is 22.0 Å². The van der Waals surface area contributed by atoms with E-state index in [2.05, 4.69) is 37.2 Å². The molecule has 1 aromatic carbocycles. The van der Waals surface area contributed by atoms with Crippen LogP contribution in [0.1, 0.15) is 10.4 Å². The molecule has 2 aromatic rings. The van der Waals surface area contributed by atoms with Crippen LogP contribution >= 0.6 is 54.8 Å². The summed E-state index contributed by atoms with van der Waals surface area (Å²) in [7, 11) is 0. The molecule has 7 heteroatoms. The number of hydrogen-bond acceptors (Lipinski definition) is 3. The first kappa shape index (κ1) is 13.9. The summed E-state index contributed by atoms with van der Waals surface area (Å²) >= 11 is 14.1. The van der Waals surface area contributed by atoms with Gasteiger partial charge >= 0.3 is 0 Å². The van der Waals surface area contributed by atoms with Crippen molar-refractivity contribution in [2.75, 3.05) is 11.1 Å². The van der Waals surface area contributed by atoms with E-state index in [1.807, 2.05) is 0 Å². The molecule has 1 amide bonds. The summed E-state index contributed by atoms with van der Waals surface area (Å²) in [4.78, 5) is 12.1. The van der Waals surface area contributed by atoms with Gasteiger partial charge in [-0.1, -0.05) is 11.6 Å². The monoisotopic (exact) mass is 408 g/mol. The van der Waals surface area contributed by atoms with Gasteiger partial charge < -0.3 is 11.1 Å². The summed E-state index contributed by atoms with van der Waals surface area (Å²) in [5, 5.41) is 3.17. The second-order valence-corrected chi connectivity index (χ2v) is 7.59. The van der Waals surface area contributed by atoms with Gasteiger partial charge in [0.15, 0.2) is 0 Å². The molecule has 2 rings (SSSR count). The topological polar surface area (TPSA) is 55.1 Å². The number of carbonyl (C=O) groups excluding carboxylic acids is 1. The lowest BCUT2D eigenvalue weighted by atomic mass is 10.2. The van der Waals surface area contributed by atoms with Crippen molar-refractivity contribution in [3.8, 4) is 0 Å². The molecule has 0 aliphatic carbocycles. The molecule has 0 fully saturated rings. The van der Waals surface area contributed by atoms with Gasteiger partial charge in [-0.15, -0.1) is 11.3 Å². The predicted molar refractivity (Wildman–Crippen MR) is 83.5 cm³/mol. The lowest BCUT2D eigenvalue weighted by Gasteiger charge is -2.07. The number of nitrogen functional groups attached to an aromatic ring is 1. The second-order valence-electron chi connectivity index (χ2n) is 3.43. The van der Waals surface area contributed by atoms with Gasteiger partial charge in [-0.3, -0.25) is 4.79 Å². The average Bonchev–Trinajstić information content (AvgIpc) is 2.63. The number of carbonyl (C=O) groups is 1. The standard InChI is InChI=1S/C11H7Br2ClN2OS/c12-9-4-6(10(13)18-9)11(17)16-8-3-5(15)1-2-7(8)14/h1-4H,15H2,(H,16,17). The fraction of sp³-hybridized carbons (Fsp3) is 0. The predicted octanol–water partition coefficient (Wildman–Crippen LogP) is 4.76. The first-order chi connectivity index (χ1) is 8.47. The van der Waals surface area contributed by atoms with E-state index in [-0.39, 0.29) is 5.91 Å². The normalized spacial score (nSPS) is 10.4. The summed E-state index contributed by atoms with van der Waals surface area (Å²) in [6.45, 7) is 0. The molecular weight excluding hydrogens is 403 g/mol. The van der Waals surface area contributed by atoms with Crippen LogP contribution in [-0.4, -0.2) is 5.91 Å². The Morgan fingerprint density at radius 3 is 2.67 bits per heavy atom. The molecule has 1 aromatic heterocycles. The van der Waals surface area contributed by atoms with E-state index in [4.69, 9.17) is 17.3 Å². The summed E-state index contributed by atoms with van der Waals surface area (Å²) in [5.41, 5.74) is 7.24. The molecule has 94 valence electrons. The number of halogens is 3. The van der Waals surface area contributed by atoms with Crippen molar-refractivity contribution in [2.24, 2.45) is 0 Å². The Morgan fingerprint density at radius 2 is 2.06 bits per heavy atom. The van der Waals surface area contributed by atoms with Gasteiger partial charge in [0, 0.05) is 5.69 Å². The highest BCUT2D eigenvalue weighted by molar-refractivity contribution is 9.12. The van der Waals surface area contributed by atoms with E-state index in [1.165, 1.54) is 11.3 Å². The first-order valence-electron chi connectivity index (χ1n) is 4.78. The lowest BCUT2D eigenvalue weighted by molar-refractivity contribution is 0.102. The number of hydrogen-bond donors (Lipinski definition) is 2. The van der Waals surface area contributed by atoms with Crippen molar-refractivity contribution in [3.05, 3.63) is 42.4 Å². The van der Waals surface area contributed by atoms with E-state index in [1.54, 1.807) is 24.3 Å². The molecule has 3 N–H and O–H groups in total. The maximum Gasteiger partial charge on any atom is 0.257 e. The van der Waals surface area contributed by atoms with Crippen LogP contribution < -0.4 is 11.1 Å². The SMILES string of the molecule is Nc1ccc(Cl)c(NC(=O)c2cc(Br)sc2Br)c1. The van der Waals surface area contributed by atoms with Crippen LogP contribution in [0.15, 0.2) is 31.8 Å². The number of thiophene rings is 1. The van der Waals surface area contributed by atoms with Gasteiger partial charge in [-0.2, -0.15) is 0 Å². The quantitative estimate of drug-likeness (QED) is 0.702. The third-order valence-corrected chi connectivity index (χ3v) is 4.81. The van der Waals surface area contributed by atoms with Gasteiger partial charge in [0.1, 0.15) is 0 Å². The molecule has 3 nitrogen and oxygen atoms in total. The average molecular weight is 411 g/mol. The van der Waals surface area contributed by atoms with Gasteiger partial charge in [0.25, 0.3) is 5.91 Å². The molecular formula is C11H7Br2ClN2OS. The summed E-state index contributed by atoms with van der Waals surface area (Å²) < 4.78 is 1.63. The van der Waals surface area contributed by atoms with Crippen molar-refractivity contribution in [2.45, 2.75) is 0 Å². The van der Waals surface area contributed by atoms with Gasteiger partial charge in [-0.25, -0.2) is 0 Å². The van der Waals surface area contributed by atoms with Crippen molar-refractivity contribution in [3.63, 3.8) is 0 Å². The van der Waals surface area contributed by atoms with Gasteiger partial charge in [-0.05, 0) is 56.1 Å². The Labute approximate surface area is 130 Å². The zero-order valence-electron chi connectivity index (χ0n) is 8.84. The van der Waals surface area contributed by atoms with Crippen LogP contribution in [0.25, 0.3) is 0 Å². The van der Waals surface area contributed by atoms with Crippen LogP contribution in [0.2, 0.25) is 5.02 Å². The minimum atomic E-state index is -0.240. The maximum absolute atomic E-state index is 12.1. The number of rotatable bonds is 2. The van der Waals surface area contributed by atoms with Crippen molar-refractivity contribution in [1.82, 2.24) is 0 Å². The highest BCUT2D eigenvalue weighted by Gasteiger charge is 2.15. The lowest BCUT2D eigenvalue weighted by Crippen LogP contribution is -2.12. The highest BCUT2D eigenvalue weighted by atomic mass is 79.9. The Hall–Kier alpha value is -0.560. The Balaban J connectivity index is 2.26. The minimum absolute atomic E-state index is 0.240. The molecule has 0 radical (unpaired) electrons. The number of nitrogens with two attached hydrogens (primary N) is 1. The van der Waals surface area contributed by atoms with Gasteiger partial charge in [0.05, 0.1) is 23.8 Å². The number of anilines is 2. The summed E-state index contributed by atoms with van der Waals surface area (Å²) in [6, 6.07) is 6.68. The first-order valence-corrected chi connectivity index (χ1v) is 7.56. The fourth-order valence-electron chi connectivity index (χ4n) is 1.32. The molecule has 0 saturated heterocycles. The molecule has 0 aliphatic heterocycles. The fourth-order valence-corrected chi connectivity index (χ4v) is 4.28. The number of nitrogens with one attached hydrogen (secondary N) is 1. The molecule has 0 atom stereocenters. The van der Waals surface area contributed by atoms with Crippen LogP contribution in [0, 0.1) is 0 Å². The zero-order chi connectivity index (χ0) is 13.3. The molecule has 0 unspecified atom stereocenters. The largest absolute Gasteiger partial charge is 0.399 e. The van der Waals surface area contributed by atoms with Crippen LogP contribution in [0.5, 0.6) is 0 Å². The molecule has 0 saturated carbocycles. The molecule has 0 bridgehead atoms. The highest BCUT2D eigenvalue weighted by Crippen LogP contribution is 2.33. The molecule has 0 aliphatic rings. The smallest absolute Gasteiger partial charge is 0.257 e. The maximum atomic E-state index is 12.1. The van der Waals surface area contributed by atoms with Crippen LogP contribution in [0.3, 0.4) is 0 Å². The third-order valence-electron chi connectivity index (χ3n) is 2.14. The number of benzene rings is 1. The second kappa shape index (κ2) is 5.61.